The fraction of sp³-hybridized carbons (Fsp3) is 0.333. The zero-order chi connectivity index (χ0) is 9.14. The highest BCUT2D eigenvalue weighted by molar-refractivity contribution is 5.38. The van der Waals surface area contributed by atoms with Crippen LogP contribution in [0.2, 0.25) is 0 Å². The Bertz CT molecular complexity index is 325. The standard InChI is InChI=1S/C9H9N3/c1-6-7(4-10)2-9(12)3-8(6)5-11/h2-3,6-7H,12H2,1H3. The predicted octanol–water partition coefficient (Wildman–Crippen LogP) is 1.07. The second-order valence-electron chi connectivity index (χ2n) is 2.82. The monoisotopic (exact) mass is 159 g/mol. The molecular formula is C9H9N3. The van der Waals surface area contributed by atoms with Gasteiger partial charge in [-0.1, -0.05) is 6.92 Å². The molecule has 0 spiro atoms. The minimum absolute atomic E-state index is 0.0349. The molecule has 0 amide bonds. The van der Waals surface area contributed by atoms with Gasteiger partial charge >= 0.3 is 0 Å². The highest BCUT2D eigenvalue weighted by atomic mass is 14.6. The Morgan fingerprint density at radius 1 is 1.50 bits per heavy atom. The van der Waals surface area contributed by atoms with Crippen LogP contribution >= 0.6 is 0 Å². The van der Waals surface area contributed by atoms with Crippen molar-refractivity contribution in [3.8, 4) is 12.1 Å². The Balaban J connectivity index is 3.02. The van der Waals surface area contributed by atoms with Crippen molar-refractivity contribution in [1.29, 1.82) is 10.5 Å². The summed E-state index contributed by atoms with van der Waals surface area (Å²) in [5, 5.41) is 17.4. The molecule has 0 bridgehead atoms. The van der Waals surface area contributed by atoms with Gasteiger partial charge in [0.2, 0.25) is 0 Å². The molecule has 0 aromatic heterocycles. The highest BCUT2D eigenvalue weighted by Gasteiger charge is 2.22. The Morgan fingerprint density at radius 2 is 2.17 bits per heavy atom. The van der Waals surface area contributed by atoms with Crippen molar-refractivity contribution in [1.82, 2.24) is 0 Å². The lowest BCUT2D eigenvalue weighted by Gasteiger charge is -2.18. The van der Waals surface area contributed by atoms with E-state index in [2.05, 4.69) is 6.07 Å². The molecule has 0 saturated heterocycles. The molecule has 0 aromatic carbocycles. The molecule has 0 radical (unpaired) electrons. The van der Waals surface area contributed by atoms with Crippen molar-refractivity contribution < 1.29 is 0 Å². The molecule has 0 heterocycles. The minimum atomic E-state index is -0.260. The van der Waals surface area contributed by atoms with Crippen LogP contribution in [0.1, 0.15) is 6.92 Å². The number of hydrogen-bond donors (Lipinski definition) is 1. The zero-order valence-electron chi connectivity index (χ0n) is 6.78. The van der Waals surface area contributed by atoms with E-state index in [1.54, 1.807) is 12.2 Å². The summed E-state index contributed by atoms with van der Waals surface area (Å²) >= 11 is 0. The summed E-state index contributed by atoms with van der Waals surface area (Å²) < 4.78 is 0. The molecule has 2 atom stereocenters. The summed E-state index contributed by atoms with van der Waals surface area (Å²) in [6.07, 6.45) is 3.31. The first-order valence-electron chi connectivity index (χ1n) is 3.67. The van der Waals surface area contributed by atoms with Crippen LogP contribution in [0.3, 0.4) is 0 Å². The van der Waals surface area contributed by atoms with Crippen LogP contribution in [-0.4, -0.2) is 0 Å². The van der Waals surface area contributed by atoms with Crippen molar-refractivity contribution in [3.63, 3.8) is 0 Å². The molecular weight excluding hydrogens is 150 g/mol. The smallest absolute Gasteiger partial charge is 0.0951 e. The van der Waals surface area contributed by atoms with Crippen LogP contribution in [0.4, 0.5) is 0 Å². The zero-order valence-corrected chi connectivity index (χ0v) is 6.78. The van der Waals surface area contributed by atoms with Crippen molar-refractivity contribution in [2.45, 2.75) is 6.92 Å². The van der Waals surface area contributed by atoms with Crippen LogP contribution in [0.5, 0.6) is 0 Å². The van der Waals surface area contributed by atoms with Gasteiger partial charge in [-0.2, -0.15) is 10.5 Å². The number of nitrogens with zero attached hydrogens (tertiary/aromatic N) is 2. The first-order valence-corrected chi connectivity index (χ1v) is 3.67. The molecule has 0 fully saturated rings. The molecule has 3 nitrogen and oxygen atoms in total. The molecule has 0 aliphatic heterocycles. The molecule has 3 heteroatoms. The lowest BCUT2D eigenvalue weighted by molar-refractivity contribution is 0.590. The van der Waals surface area contributed by atoms with Gasteiger partial charge in [0, 0.05) is 17.2 Å². The van der Waals surface area contributed by atoms with Gasteiger partial charge in [-0.25, -0.2) is 0 Å². The molecule has 2 N–H and O–H groups in total. The van der Waals surface area contributed by atoms with Crippen LogP contribution in [0, 0.1) is 34.5 Å². The Kier molecular flexibility index (Phi) is 2.16. The predicted molar refractivity (Wildman–Crippen MR) is 44.2 cm³/mol. The normalized spacial score (nSPS) is 27.9. The number of nitrogens with two attached hydrogens (primary N) is 1. The van der Waals surface area contributed by atoms with Crippen LogP contribution in [0.15, 0.2) is 23.4 Å². The lowest BCUT2D eigenvalue weighted by Crippen LogP contribution is -2.16. The third-order valence-corrected chi connectivity index (χ3v) is 2.00. The maximum absolute atomic E-state index is 8.71. The average Bonchev–Trinajstić information content (AvgIpc) is 2.08. The van der Waals surface area contributed by atoms with Gasteiger partial charge in [0.15, 0.2) is 0 Å². The SMILES string of the molecule is CC1C(C#N)=CC(N)=CC1C#N. The van der Waals surface area contributed by atoms with Crippen molar-refractivity contribution >= 4 is 0 Å². The summed E-state index contributed by atoms with van der Waals surface area (Å²) in [4.78, 5) is 0. The quantitative estimate of drug-likeness (QED) is 0.574. The van der Waals surface area contributed by atoms with E-state index in [4.69, 9.17) is 16.3 Å². The van der Waals surface area contributed by atoms with Gasteiger partial charge in [0.25, 0.3) is 0 Å². The molecule has 0 aromatic rings. The third-order valence-electron chi connectivity index (χ3n) is 2.00. The molecule has 1 aliphatic rings. The van der Waals surface area contributed by atoms with E-state index >= 15 is 0 Å². The van der Waals surface area contributed by atoms with Gasteiger partial charge < -0.3 is 5.73 Å². The van der Waals surface area contributed by atoms with Crippen molar-refractivity contribution in [2.75, 3.05) is 0 Å². The van der Waals surface area contributed by atoms with Crippen LogP contribution in [0.25, 0.3) is 0 Å². The Hall–Kier alpha value is -1.74. The second-order valence-corrected chi connectivity index (χ2v) is 2.82. The van der Waals surface area contributed by atoms with Gasteiger partial charge in [-0.15, -0.1) is 0 Å². The molecule has 12 heavy (non-hydrogen) atoms. The number of rotatable bonds is 0. The molecule has 0 saturated carbocycles. The Labute approximate surface area is 71.4 Å². The molecule has 60 valence electrons. The van der Waals surface area contributed by atoms with Crippen molar-refractivity contribution in [3.05, 3.63) is 23.4 Å². The van der Waals surface area contributed by atoms with E-state index < -0.39 is 0 Å². The summed E-state index contributed by atoms with van der Waals surface area (Å²) in [5.41, 5.74) is 6.61. The minimum Gasteiger partial charge on any atom is -0.399 e. The fourth-order valence-corrected chi connectivity index (χ4v) is 1.19. The summed E-state index contributed by atoms with van der Waals surface area (Å²) in [6.45, 7) is 1.85. The number of hydrogen-bond acceptors (Lipinski definition) is 3. The van der Waals surface area contributed by atoms with E-state index in [0.29, 0.717) is 11.3 Å². The highest BCUT2D eigenvalue weighted by Crippen LogP contribution is 2.26. The van der Waals surface area contributed by atoms with Crippen molar-refractivity contribution in [2.24, 2.45) is 17.6 Å². The van der Waals surface area contributed by atoms with E-state index in [1.807, 2.05) is 13.0 Å². The molecule has 1 rings (SSSR count). The van der Waals surface area contributed by atoms with E-state index in [9.17, 15) is 0 Å². The summed E-state index contributed by atoms with van der Waals surface area (Å²) in [6, 6.07) is 4.14. The van der Waals surface area contributed by atoms with Gasteiger partial charge in [-0.05, 0) is 12.2 Å². The van der Waals surface area contributed by atoms with Gasteiger partial charge in [-0.3, -0.25) is 0 Å². The van der Waals surface area contributed by atoms with E-state index in [0.717, 1.165) is 0 Å². The largest absolute Gasteiger partial charge is 0.399 e. The number of allylic oxidation sites excluding steroid dienone is 3. The molecule has 2 unspecified atom stereocenters. The van der Waals surface area contributed by atoms with E-state index in [1.165, 1.54) is 0 Å². The maximum atomic E-state index is 8.71. The first kappa shape index (κ1) is 8.36. The topological polar surface area (TPSA) is 73.6 Å². The van der Waals surface area contributed by atoms with Crippen LogP contribution < -0.4 is 5.73 Å². The van der Waals surface area contributed by atoms with E-state index in [-0.39, 0.29) is 11.8 Å². The molecule has 1 aliphatic carbocycles. The lowest BCUT2D eigenvalue weighted by atomic mass is 9.84. The number of nitriles is 2. The summed E-state index contributed by atoms with van der Waals surface area (Å²) in [7, 11) is 0. The second kappa shape index (κ2) is 3.11. The third kappa shape index (κ3) is 1.31. The Morgan fingerprint density at radius 3 is 2.67 bits per heavy atom. The van der Waals surface area contributed by atoms with Gasteiger partial charge in [0.05, 0.1) is 18.1 Å². The first-order chi connectivity index (χ1) is 5.69. The average molecular weight is 159 g/mol. The fourth-order valence-electron chi connectivity index (χ4n) is 1.19. The van der Waals surface area contributed by atoms with Gasteiger partial charge in [0.1, 0.15) is 0 Å². The summed E-state index contributed by atoms with van der Waals surface area (Å²) in [5.74, 6) is -0.294. The maximum Gasteiger partial charge on any atom is 0.0951 e. The van der Waals surface area contributed by atoms with Crippen LogP contribution in [-0.2, 0) is 0 Å².